The van der Waals surface area contributed by atoms with Crippen LogP contribution in [-0.2, 0) is 10.0 Å². The van der Waals surface area contributed by atoms with Crippen LogP contribution in [0.15, 0.2) is 18.3 Å². The van der Waals surface area contributed by atoms with E-state index < -0.39 is 52.3 Å². The molecule has 1 fully saturated rings. The lowest BCUT2D eigenvalue weighted by molar-refractivity contribution is -0.169. The number of hydrogen-bond acceptors (Lipinski definition) is 4. The minimum Gasteiger partial charge on any atom is -0.322 e. The highest BCUT2D eigenvalue weighted by molar-refractivity contribution is 7.89. The van der Waals surface area contributed by atoms with Gasteiger partial charge in [-0.3, -0.25) is 5.32 Å². The normalized spacial score (nSPS) is 21.6. The minimum absolute atomic E-state index is 0.0612. The minimum atomic E-state index is -4.78. The molecule has 0 spiro atoms. The molecule has 0 saturated carbocycles. The number of alkyl halides is 3. The van der Waals surface area contributed by atoms with E-state index in [-0.39, 0.29) is 5.82 Å². The van der Waals surface area contributed by atoms with Crippen molar-refractivity contribution in [2.75, 3.05) is 32.5 Å². The van der Waals surface area contributed by atoms with Crippen LogP contribution in [0.5, 0.6) is 0 Å². The first-order chi connectivity index (χ1) is 11.4. The molecule has 0 bridgehead atoms. The zero-order valence-corrected chi connectivity index (χ0v) is 14.1. The van der Waals surface area contributed by atoms with Gasteiger partial charge in [0.15, 0.2) is 0 Å². The van der Waals surface area contributed by atoms with Crippen LogP contribution in [0.25, 0.3) is 0 Å². The van der Waals surface area contributed by atoms with Gasteiger partial charge in [0.25, 0.3) is 0 Å². The number of nitrogens with one attached hydrogen (secondary N) is 1. The van der Waals surface area contributed by atoms with Crippen molar-refractivity contribution in [3.63, 3.8) is 0 Å². The predicted molar refractivity (Wildman–Crippen MR) is 80.7 cm³/mol. The van der Waals surface area contributed by atoms with E-state index in [1.165, 1.54) is 0 Å². The van der Waals surface area contributed by atoms with E-state index in [2.05, 4.69) is 10.3 Å². The summed E-state index contributed by atoms with van der Waals surface area (Å²) in [5.41, 5.74) is 0. The van der Waals surface area contributed by atoms with Crippen molar-refractivity contribution in [2.24, 2.45) is 5.92 Å². The Labute approximate surface area is 141 Å². The summed E-state index contributed by atoms with van der Waals surface area (Å²) in [5.74, 6) is -2.91. The number of rotatable bonds is 3. The fourth-order valence-electron chi connectivity index (χ4n) is 2.47. The second kappa shape index (κ2) is 6.75. The van der Waals surface area contributed by atoms with Gasteiger partial charge in [-0.2, -0.15) is 13.2 Å². The Bertz CT molecular complexity index is 737. The molecule has 0 aromatic carbocycles. The zero-order chi connectivity index (χ0) is 19.0. The van der Waals surface area contributed by atoms with Gasteiger partial charge >= 0.3 is 12.2 Å². The van der Waals surface area contributed by atoms with Crippen LogP contribution in [0, 0.1) is 11.7 Å². The summed E-state index contributed by atoms with van der Waals surface area (Å²) in [6, 6.07) is 1.22. The molecule has 0 unspecified atom stereocenters. The van der Waals surface area contributed by atoms with Gasteiger partial charge in [0.1, 0.15) is 16.9 Å². The Morgan fingerprint density at radius 2 is 1.96 bits per heavy atom. The highest BCUT2D eigenvalue weighted by atomic mass is 32.2. The summed E-state index contributed by atoms with van der Waals surface area (Å²) in [6.07, 6.45) is -3.95. The van der Waals surface area contributed by atoms with Crippen LogP contribution in [-0.4, -0.2) is 67.2 Å². The van der Waals surface area contributed by atoms with Gasteiger partial charge in [-0.25, -0.2) is 26.9 Å². The van der Waals surface area contributed by atoms with Crippen molar-refractivity contribution in [2.45, 2.75) is 11.4 Å². The van der Waals surface area contributed by atoms with Crippen LogP contribution in [0.3, 0.4) is 0 Å². The second-order valence-corrected chi connectivity index (χ2v) is 8.08. The van der Waals surface area contributed by atoms with Crippen LogP contribution < -0.4 is 5.32 Å². The van der Waals surface area contributed by atoms with Crippen molar-refractivity contribution in [1.29, 1.82) is 0 Å². The van der Waals surface area contributed by atoms with Crippen LogP contribution in [0.2, 0.25) is 0 Å². The van der Waals surface area contributed by atoms with Gasteiger partial charge in [-0.1, -0.05) is 0 Å². The quantitative estimate of drug-likeness (QED) is 0.801. The van der Waals surface area contributed by atoms with Crippen molar-refractivity contribution in [3.05, 3.63) is 24.1 Å². The van der Waals surface area contributed by atoms with Gasteiger partial charge in [-0.15, -0.1) is 0 Å². The molecule has 7 nitrogen and oxygen atoms in total. The molecule has 140 valence electrons. The van der Waals surface area contributed by atoms with Crippen molar-refractivity contribution in [1.82, 2.24) is 14.2 Å². The molecule has 0 aliphatic carbocycles. The number of carbonyl (C=O) groups excluding carboxylic acids is 1. The molecule has 12 heteroatoms. The van der Waals surface area contributed by atoms with E-state index in [9.17, 15) is 30.8 Å². The van der Waals surface area contributed by atoms with Crippen molar-refractivity contribution in [3.8, 4) is 0 Å². The summed E-state index contributed by atoms with van der Waals surface area (Å²) in [7, 11) is -1.96. The fraction of sp³-hybridized carbons (Fsp3) is 0.538. The smallest absolute Gasteiger partial charge is 0.322 e. The Morgan fingerprint density at radius 1 is 1.32 bits per heavy atom. The van der Waals surface area contributed by atoms with E-state index in [4.69, 9.17) is 0 Å². The number of likely N-dealkylation sites (tertiary alicyclic amines) is 1. The highest BCUT2D eigenvalue weighted by Crippen LogP contribution is 2.37. The van der Waals surface area contributed by atoms with E-state index >= 15 is 0 Å². The SMILES string of the molecule is CN(C)S(=O)(=O)[C@@H]1CN(C(=O)Nc2ccc(F)cn2)C[C@H]1C(F)(F)F. The summed E-state index contributed by atoms with van der Waals surface area (Å²) in [5, 5.41) is 0.421. The largest absolute Gasteiger partial charge is 0.394 e. The highest BCUT2D eigenvalue weighted by Gasteiger charge is 2.56. The number of aromatic nitrogens is 1. The number of hydrogen-bond donors (Lipinski definition) is 1. The number of anilines is 1. The summed E-state index contributed by atoms with van der Waals surface area (Å²) in [4.78, 5) is 16.4. The first-order valence-electron chi connectivity index (χ1n) is 7.08. The summed E-state index contributed by atoms with van der Waals surface area (Å²) < 4.78 is 77.5. The summed E-state index contributed by atoms with van der Waals surface area (Å²) >= 11 is 0. The Kier molecular flexibility index (Phi) is 5.23. The number of urea groups is 1. The average Bonchev–Trinajstić information content (AvgIpc) is 2.95. The lowest BCUT2D eigenvalue weighted by Crippen LogP contribution is -2.43. The molecule has 2 atom stereocenters. The second-order valence-electron chi connectivity index (χ2n) is 5.71. The molecule has 2 rings (SSSR count). The van der Waals surface area contributed by atoms with E-state index in [0.29, 0.717) is 4.31 Å². The van der Waals surface area contributed by atoms with E-state index in [1.807, 2.05) is 0 Å². The third-order valence-electron chi connectivity index (χ3n) is 3.83. The average molecular weight is 384 g/mol. The first kappa shape index (κ1) is 19.4. The van der Waals surface area contributed by atoms with Crippen LogP contribution in [0.4, 0.5) is 28.2 Å². The lowest BCUT2D eigenvalue weighted by atomic mass is 10.1. The molecule has 1 saturated heterocycles. The number of amides is 2. The molecule has 1 aromatic rings. The molecule has 2 amide bonds. The number of carbonyl (C=O) groups is 1. The zero-order valence-electron chi connectivity index (χ0n) is 13.3. The maximum Gasteiger partial charge on any atom is 0.394 e. The fourth-order valence-corrected chi connectivity index (χ4v) is 4.03. The molecule has 0 radical (unpaired) electrons. The van der Waals surface area contributed by atoms with Crippen LogP contribution >= 0.6 is 0 Å². The molecule has 1 aromatic heterocycles. The first-order valence-corrected chi connectivity index (χ1v) is 8.59. The van der Waals surface area contributed by atoms with Gasteiger partial charge in [0.2, 0.25) is 10.0 Å². The Morgan fingerprint density at radius 3 is 2.44 bits per heavy atom. The Hall–Kier alpha value is -1.95. The van der Waals surface area contributed by atoms with Crippen LogP contribution in [0.1, 0.15) is 0 Å². The van der Waals surface area contributed by atoms with Crippen molar-refractivity contribution < 1.29 is 30.8 Å². The lowest BCUT2D eigenvalue weighted by Gasteiger charge is -2.23. The summed E-state index contributed by atoms with van der Waals surface area (Å²) in [6.45, 7) is -1.41. The number of nitrogens with zero attached hydrogens (tertiary/aromatic N) is 3. The molecule has 1 N–H and O–H groups in total. The maximum absolute atomic E-state index is 13.2. The van der Waals surface area contributed by atoms with Gasteiger partial charge in [0.05, 0.1) is 12.1 Å². The van der Waals surface area contributed by atoms with Gasteiger partial charge in [0, 0.05) is 27.2 Å². The third-order valence-corrected chi connectivity index (χ3v) is 6.09. The topological polar surface area (TPSA) is 82.6 Å². The van der Waals surface area contributed by atoms with E-state index in [1.54, 1.807) is 0 Å². The van der Waals surface area contributed by atoms with E-state index in [0.717, 1.165) is 37.3 Å². The number of halogens is 4. The number of pyridine rings is 1. The third kappa shape index (κ3) is 4.18. The molecular weight excluding hydrogens is 368 g/mol. The molecule has 1 aliphatic heterocycles. The molecular formula is C13H16F4N4O3S. The molecule has 25 heavy (non-hydrogen) atoms. The van der Waals surface area contributed by atoms with Crippen molar-refractivity contribution >= 4 is 21.9 Å². The standard InChI is InChI=1S/C13H16F4N4O3S/c1-20(2)25(23,24)10-7-21(6-9(10)13(15,16)17)12(22)19-11-4-3-8(14)5-18-11/h3-5,9-10H,6-7H2,1-2H3,(H,18,19,22)/t9-,10-/m1/s1. The molecule has 2 heterocycles. The molecule has 1 aliphatic rings. The van der Waals surface area contributed by atoms with Gasteiger partial charge in [-0.05, 0) is 12.1 Å². The predicted octanol–water partition coefficient (Wildman–Crippen LogP) is 1.51. The monoisotopic (exact) mass is 384 g/mol. The van der Waals surface area contributed by atoms with Gasteiger partial charge < -0.3 is 4.90 Å². The number of sulfonamides is 1. The maximum atomic E-state index is 13.2. The Balaban J connectivity index is 2.20.